The van der Waals surface area contributed by atoms with Crippen LogP contribution in [0.1, 0.15) is 31.9 Å². The zero-order valence-corrected chi connectivity index (χ0v) is 17.7. The fourth-order valence-electron chi connectivity index (χ4n) is 4.47. The number of hydrogen-bond acceptors (Lipinski definition) is 6. The third kappa shape index (κ3) is 3.56. The Labute approximate surface area is 180 Å². The molecular formula is C24H25N4O3+. The van der Waals surface area contributed by atoms with E-state index >= 15 is 0 Å². The second kappa shape index (κ2) is 7.27. The number of allylic oxidation sites excluding steroid dienone is 1. The smallest absolute Gasteiger partial charge is 0.365 e. The number of rotatable bonds is 3. The van der Waals surface area contributed by atoms with Gasteiger partial charge in [-0.1, -0.05) is 44.2 Å². The molecule has 0 radical (unpaired) electrons. The normalized spacial score (nSPS) is 22.2. The maximum atomic E-state index is 13.2. The summed E-state index contributed by atoms with van der Waals surface area (Å²) in [6.45, 7) is 4.15. The van der Waals surface area contributed by atoms with E-state index in [4.69, 9.17) is 9.15 Å². The molecule has 1 aromatic heterocycles. The summed E-state index contributed by atoms with van der Waals surface area (Å²) in [5.74, 6) is 1.20. The van der Waals surface area contributed by atoms with Crippen LogP contribution in [0.2, 0.25) is 0 Å². The predicted molar refractivity (Wildman–Crippen MR) is 117 cm³/mol. The monoisotopic (exact) mass is 417 g/mol. The number of benzene rings is 2. The molecule has 0 spiro atoms. The fraction of sp³-hybridized carbons (Fsp3) is 0.292. The van der Waals surface area contributed by atoms with E-state index in [0.29, 0.717) is 24.0 Å². The van der Waals surface area contributed by atoms with E-state index in [9.17, 15) is 4.79 Å². The average Bonchev–Trinajstić information content (AvgIpc) is 3.14. The van der Waals surface area contributed by atoms with Crippen LogP contribution in [-0.2, 0) is 4.79 Å². The van der Waals surface area contributed by atoms with Gasteiger partial charge in [-0.15, -0.1) is 0 Å². The van der Waals surface area contributed by atoms with Gasteiger partial charge >= 0.3 is 12.0 Å². The molecule has 2 heterocycles. The van der Waals surface area contributed by atoms with Gasteiger partial charge in [0, 0.05) is 12.0 Å². The van der Waals surface area contributed by atoms with E-state index in [1.165, 1.54) is 0 Å². The van der Waals surface area contributed by atoms with Crippen molar-refractivity contribution >= 4 is 28.9 Å². The zero-order chi connectivity index (χ0) is 21.6. The van der Waals surface area contributed by atoms with E-state index in [1.807, 2.05) is 48.5 Å². The van der Waals surface area contributed by atoms with Crippen LogP contribution < -0.4 is 20.4 Å². The average molecular weight is 417 g/mol. The Hall–Kier alpha value is -3.61. The standard InChI is InChI=1S/C24H24N4O3/c1-24(2)12-16-20(17(29)13-24)21(14-8-4-6-10-18(14)30-3)27-22(25-16)28-23-26-15-9-5-7-11-19(15)31-23/h4-12,20-21H,13H2,1-3H3,(H2,25,26,27,28)/p+1/t20-,21-/m0/s1. The lowest BCUT2D eigenvalue weighted by molar-refractivity contribution is -0.522. The lowest BCUT2D eigenvalue weighted by Crippen LogP contribution is -2.84. The molecule has 7 nitrogen and oxygen atoms in total. The highest BCUT2D eigenvalue weighted by Crippen LogP contribution is 2.40. The largest absolute Gasteiger partial charge is 0.496 e. The summed E-state index contributed by atoms with van der Waals surface area (Å²) in [4.78, 5) is 21.1. The van der Waals surface area contributed by atoms with Crippen LogP contribution >= 0.6 is 0 Å². The molecule has 5 rings (SSSR count). The van der Waals surface area contributed by atoms with E-state index in [1.54, 1.807) is 7.11 Å². The zero-order valence-electron chi connectivity index (χ0n) is 17.7. The number of para-hydroxylation sites is 3. The first kappa shape index (κ1) is 19.4. The summed E-state index contributed by atoms with van der Waals surface area (Å²) in [6.07, 6.45) is 2.64. The number of ether oxygens (including phenoxy) is 1. The van der Waals surface area contributed by atoms with Crippen molar-refractivity contribution in [1.29, 1.82) is 0 Å². The Morgan fingerprint density at radius 2 is 1.97 bits per heavy atom. The van der Waals surface area contributed by atoms with E-state index in [0.717, 1.165) is 22.5 Å². The highest BCUT2D eigenvalue weighted by molar-refractivity contribution is 5.94. The van der Waals surface area contributed by atoms with Crippen molar-refractivity contribution in [2.45, 2.75) is 26.3 Å². The minimum atomic E-state index is -0.335. The Balaban J connectivity index is 1.58. The summed E-state index contributed by atoms with van der Waals surface area (Å²) < 4.78 is 11.4. The number of anilines is 1. The minimum absolute atomic E-state index is 0.194. The second-order valence-corrected chi connectivity index (χ2v) is 8.68. The minimum Gasteiger partial charge on any atom is -0.496 e. The number of carbonyl (C=O) groups is 1. The summed E-state index contributed by atoms with van der Waals surface area (Å²) in [5, 5.41) is 6.57. The maximum absolute atomic E-state index is 13.2. The molecule has 0 saturated heterocycles. The molecular weight excluding hydrogens is 392 g/mol. The quantitative estimate of drug-likeness (QED) is 0.607. The third-order valence-corrected chi connectivity index (χ3v) is 5.76. The molecule has 2 atom stereocenters. The van der Waals surface area contributed by atoms with Crippen molar-refractivity contribution in [3.63, 3.8) is 0 Å². The Bertz CT molecular complexity index is 1190. The highest BCUT2D eigenvalue weighted by atomic mass is 16.5. The molecule has 1 aliphatic heterocycles. The fourth-order valence-corrected chi connectivity index (χ4v) is 4.47. The molecule has 0 fully saturated rings. The molecule has 0 unspecified atom stereocenters. The van der Waals surface area contributed by atoms with Gasteiger partial charge in [-0.05, 0) is 29.7 Å². The lowest BCUT2D eigenvalue weighted by atomic mass is 9.72. The van der Waals surface area contributed by atoms with Crippen LogP contribution in [0.4, 0.5) is 6.01 Å². The van der Waals surface area contributed by atoms with E-state index in [2.05, 4.69) is 40.5 Å². The van der Waals surface area contributed by atoms with Crippen LogP contribution in [0.15, 0.2) is 64.7 Å². The van der Waals surface area contributed by atoms with Gasteiger partial charge < -0.3 is 9.15 Å². The highest BCUT2D eigenvalue weighted by Gasteiger charge is 2.46. The summed E-state index contributed by atoms with van der Waals surface area (Å²) in [6, 6.07) is 15.5. The number of nitrogens with zero attached hydrogens (tertiary/aromatic N) is 1. The first-order valence-electron chi connectivity index (χ1n) is 10.3. The van der Waals surface area contributed by atoms with Crippen LogP contribution in [0.3, 0.4) is 0 Å². The number of Topliss-reactive ketones (excluding diaryl/α,β-unsaturated/α-hetero) is 1. The van der Waals surface area contributed by atoms with Gasteiger partial charge in [0.25, 0.3) is 0 Å². The Kier molecular flexibility index (Phi) is 4.54. The van der Waals surface area contributed by atoms with Gasteiger partial charge in [-0.3, -0.25) is 9.79 Å². The molecule has 1 aliphatic carbocycles. The topological polar surface area (TPSA) is 90.4 Å². The van der Waals surface area contributed by atoms with Crippen LogP contribution in [-0.4, -0.2) is 23.8 Å². The number of ketones is 1. The number of hydrogen-bond donors (Lipinski definition) is 3. The molecule has 0 amide bonds. The van der Waals surface area contributed by atoms with Gasteiger partial charge in [-0.25, -0.2) is 5.32 Å². The van der Waals surface area contributed by atoms with Crippen molar-refractivity contribution in [2.75, 3.05) is 12.4 Å². The summed E-state index contributed by atoms with van der Waals surface area (Å²) in [5.41, 5.74) is 3.05. The van der Waals surface area contributed by atoms with Crippen LogP contribution in [0, 0.1) is 11.3 Å². The number of carbonyl (C=O) groups excluding carboxylic acids is 1. The first-order valence-corrected chi connectivity index (χ1v) is 10.3. The van der Waals surface area contributed by atoms with Crippen LogP contribution in [0.25, 0.3) is 11.1 Å². The molecule has 2 aromatic carbocycles. The number of oxazole rings is 1. The van der Waals surface area contributed by atoms with Gasteiger partial charge in [0.1, 0.15) is 29.0 Å². The number of guanidine groups is 1. The van der Waals surface area contributed by atoms with Crippen molar-refractivity contribution in [3.05, 3.63) is 65.9 Å². The molecule has 2 aliphatic rings. The maximum Gasteiger partial charge on any atom is 0.365 e. The van der Waals surface area contributed by atoms with Crippen molar-refractivity contribution in [1.82, 2.24) is 10.3 Å². The van der Waals surface area contributed by atoms with Crippen molar-refractivity contribution in [3.8, 4) is 5.75 Å². The summed E-state index contributed by atoms with van der Waals surface area (Å²) in [7, 11) is 1.64. The molecule has 0 saturated carbocycles. The SMILES string of the molecule is COc1ccccc1[C@@H]1[NH+]=C(Nc2nc3ccccc3o2)NC2=CC(C)(C)CC(=O)[C@H]21. The predicted octanol–water partition coefficient (Wildman–Crippen LogP) is 2.53. The number of fused-ring (bicyclic) bond motifs is 2. The van der Waals surface area contributed by atoms with Crippen molar-refractivity contribution < 1.29 is 18.9 Å². The summed E-state index contributed by atoms with van der Waals surface area (Å²) >= 11 is 0. The van der Waals surface area contributed by atoms with Gasteiger partial charge in [0.05, 0.1) is 12.8 Å². The lowest BCUT2D eigenvalue weighted by Gasteiger charge is -2.36. The van der Waals surface area contributed by atoms with Crippen molar-refractivity contribution in [2.24, 2.45) is 11.3 Å². The first-order chi connectivity index (χ1) is 14.9. The second-order valence-electron chi connectivity index (χ2n) is 8.68. The third-order valence-electron chi connectivity index (χ3n) is 5.76. The molecule has 0 bridgehead atoms. The number of nitrogens with one attached hydrogen (secondary N) is 3. The molecule has 31 heavy (non-hydrogen) atoms. The molecule has 158 valence electrons. The van der Waals surface area contributed by atoms with Gasteiger partial charge in [0.2, 0.25) is 0 Å². The van der Waals surface area contributed by atoms with E-state index < -0.39 is 0 Å². The number of methoxy groups -OCH3 is 1. The van der Waals surface area contributed by atoms with Gasteiger partial charge in [-0.2, -0.15) is 10.3 Å². The Morgan fingerprint density at radius 3 is 2.77 bits per heavy atom. The molecule has 3 N–H and O–H groups in total. The Morgan fingerprint density at radius 1 is 1.19 bits per heavy atom. The van der Waals surface area contributed by atoms with Crippen LogP contribution in [0.5, 0.6) is 5.75 Å². The molecule has 7 heteroatoms. The number of aromatic nitrogens is 1. The van der Waals surface area contributed by atoms with E-state index in [-0.39, 0.29) is 23.2 Å². The molecule has 3 aromatic rings. The van der Waals surface area contributed by atoms with Gasteiger partial charge in [0.15, 0.2) is 5.58 Å².